The largest absolute Gasteiger partial charge is 0.492 e. The molecule has 23 heavy (non-hydrogen) atoms. The molecule has 0 bridgehead atoms. The molecule has 1 aromatic heterocycles. The van der Waals surface area contributed by atoms with Gasteiger partial charge in [0.05, 0.1) is 0 Å². The lowest BCUT2D eigenvalue weighted by Gasteiger charge is -2.26. The Hall–Kier alpha value is -2.21. The number of rotatable bonds is 5. The minimum absolute atomic E-state index is 0.685. The molecule has 0 fully saturated rings. The molecule has 1 N–H and O–H groups in total. The summed E-state index contributed by atoms with van der Waals surface area (Å²) >= 11 is 0. The summed E-state index contributed by atoms with van der Waals surface area (Å²) in [5.74, 6) is 1.71. The van der Waals surface area contributed by atoms with Crippen LogP contribution in [0.25, 0.3) is 5.57 Å². The number of aromatic amines is 1. The Kier molecular flexibility index (Phi) is 4.71. The highest BCUT2D eigenvalue weighted by atomic mass is 16.5. The van der Waals surface area contributed by atoms with E-state index in [1.54, 1.807) is 0 Å². The average molecular weight is 313 g/mol. The van der Waals surface area contributed by atoms with E-state index in [0.717, 1.165) is 37.4 Å². The van der Waals surface area contributed by atoms with Crippen molar-refractivity contribution >= 4 is 5.57 Å². The number of nitrogens with zero attached hydrogens (tertiary/aromatic N) is 4. The van der Waals surface area contributed by atoms with Crippen LogP contribution in [0.5, 0.6) is 5.75 Å². The molecule has 2 aromatic rings. The molecule has 0 radical (unpaired) electrons. The first kappa shape index (κ1) is 15.7. The highest BCUT2D eigenvalue weighted by Gasteiger charge is 2.16. The smallest absolute Gasteiger partial charge is 0.201 e. The first-order valence-electron chi connectivity index (χ1n) is 7.99. The van der Waals surface area contributed by atoms with Crippen molar-refractivity contribution in [1.29, 1.82) is 0 Å². The zero-order chi connectivity index (χ0) is 16.2. The van der Waals surface area contributed by atoms with Gasteiger partial charge in [-0.15, -0.1) is 10.2 Å². The Morgan fingerprint density at radius 1 is 1.22 bits per heavy atom. The number of benzene rings is 1. The summed E-state index contributed by atoms with van der Waals surface area (Å²) in [4.78, 5) is 2.37. The summed E-state index contributed by atoms with van der Waals surface area (Å²) < 4.78 is 6.04. The summed E-state index contributed by atoms with van der Waals surface area (Å²) in [6.45, 7) is 9.78. The molecule has 0 unspecified atom stereocenters. The number of hydrogen-bond acceptors (Lipinski definition) is 5. The van der Waals surface area contributed by atoms with Crippen LogP contribution in [0.3, 0.4) is 0 Å². The van der Waals surface area contributed by atoms with E-state index in [1.807, 2.05) is 0 Å². The van der Waals surface area contributed by atoms with Gasteiger partial charge in [-0.3, -0.25) is 4.90 Å². The van der Waals surface area contributed by atoms with Crippen LogP contribution in [-0.4, -0.2) is 51.8 Å². The van der Waals surface area contributed by atoms with E-state index < -0.39 is 0 Å². The van der Waals surface area contributed by atoms with Crippen molar-refractivity contribution in [2.45, 2.75) is 27.2 Å². The molecule has 0 atom stereocenters. The number of tetrazole rings is 1. The fourth-order valence-corrected chi connectivity index (χ4v) is 3.13. The maximum atomic E-state index is 6.04. The van der Waals surface area contributed by atoms with Crippen molar-refractivity contribution < 1.29 is 4.74 Å². The van der Waals surface area contributed by atoms with Crippen LogP contribution < -0.4 is 4.74 Å². The van der Waals surface area contributed by atoms with E-state index in [2.05, 4.69) is 64.5 Å². The van der Waals surface area contributed by atoms with E-state index in [-0.39, 0.29) is 0 Å². The molecule has 0 spiro atoms. The first-order chi connectivity index (χ1) is 11.1. The van der Waals surface area contributed by atoms with Crippen LogP contribution in [0.1, 0.15) is 28.9 Å². The number of hydrogen-bond donors (Lipinski definition) is 1. The lowest BCUT2D eigenvalue weighted by Crippen LogP contribution is -2.33. The molecule has 6 heteroatoms. The van der Waals surface area contributed by atoms with Gasteiger partial charge in [0, 0.05) is 25.2 Å². The summed E-state index contributed by atoms with van der Waals surface area (Å²) in [5, 5.41) is 14.3. The van der Waals surface area contributed by atoms with Crippen molar-refractivity contribution in [2.75, 3.05) is 26.2 Å². The van der Waals surface area contributed by atoms with E-state index in [4.69, 9.17) is 4.74 Å². The number of ether oxygens (including phenoxy) is 1. The lowest BCUT2D eigenvalue weighted by molar-refractivity contribution is 0.222. The maximum absolute atomic E-state index is 6.04. The first-order valence-corrected chi connectivity index (χ1v) is 7.99. The Bertz CT molecular complexity index is 670. The highest BCUT2D eigenvalue weighted by Crippen LogP contribution is 2.24. The Morgan fingerprint density at radius 2 is 2.00 bits per heavy atom. The second-order valence-corrected chi connectivity index (χ2v) is 6.11. The fourth-order valence-electron chi connectivity index (χ4n) is 3.13. The van der Waals surface area contributed by atoms with Crippen LogP contribution in [0.2, 0.25) is 0 Å². The van der Waals surface area contributed by atoms with Crippen molar-refractivity contribution in [1.82, 2.24) is 25.5 Å². The van der Waals surface area contributed by atoms with Gasteiger partial charge in [0.15, 0.2) is 0 Å². The van der Waals surface area contributed by atoms with Crippen molar-refractivity contribution in [3.05, 3.63) is 40.7 Å². The van der Waals surface area contributed by atoms with Crippen LogP contribution in [0, 0.1) is 20.8 Å². The molecule has 1 aliphatic heterocycles. The quantitative estimate of drug-likeness (QED) is 0.917. The maximum Gasteiger partial charge on any atom is 0.201 e. The van der Waals surface area contributed by atoms with E-state index in [9.17, 15) is 0 Å². The van der Waals surface area contributed by atoms with Crippen LogP contribution in [-0.2, 0) is 0 Å². The van der Waals surface area contributed by atoms with Crippen molar-refractivity contribution in [3.63, 3.8) is 0 Å². The van der Waals surface area contributed by atoms with Gasteiger partial charge < -0.3 is 4.74 Å². The number of nitrogens with one attached hydrogen (secondary N) is 1. The zero-order valence-corrected chi connectivity index (χ0v) is 14.0. The molecular weight excluding hydrogens is 290 g/mol. The predicted molar refractivity (Wildman–Crippen MR) is 89.4 cm³/mol. The molecule has 6 nitrogen and oxygen atoms in total. The number of aromatic nitrogens is 4. The number of aryl methyl sites for hydroxylation is 3. The minimum Gasteiger partial charge on any atom is -0.492 e. The van der Waals surface area contributed by atoms with Crippen molar-refractivity contribution in [2.24, 2.45) is 0 Å². The molecule has 0 saturated heterocycles. The van der Waals surface area contributed by atoms with Gasteiger partial charge >= 0.3 is 0 Å². The van der Waals surface area contributed by atoms with Gasteiger partial charge in [0.2, 0.25) is 5.82 Å². The minimum atomic E-state index is 0.685. The lowest BCUT2D eigenvalue weighted by atomic mass is 10.1. The number of H-pyrrole nitrogens is 1. The molecule has 122 valence electrons. The summed E-state index contributed by atoms with van der Waals surface area (Å²) in [5.41, 5.74) is 4.81. The van der Waals surface area contributed by atoms with Crippen LogP contribution >= 0.6 is 0 Å². The summed E-state index contributed by atoms with van der Waals surface area (Å²) in [7, 11) is 0. The Morgan fingerprint density at radius 3 is 2.70 bits per heavy atom. The Labute approximate surface area is 136 Å². The molecule has 1 aliphatic rings. The topological polar surface area (TPSA) is 66.9 Å². The second kappa shape index (κ2) is 6.91. The molecule has 3 rings (SSSR count). The molecular formula is C17H23N5O. The third kappa shape index (κ3) is 3.76. The summed E-state index contributed by atoms with van der Waals surface area (Å²) in [6.07, 6.45) is 3.20. The monoisotopic (exact) mass is 313 g/mol. The van der Waals surface area contributed by atoms with Gasteiger partial charge in [-0.2, -0.15) is 5.21 Å². The molecule has 0 amide bonds. The van der Waals surface area contributed by atoms with Gasteiger partial charge in [-0.05, 0) is 43.5 Å². The van der Waals surface area contributed by atoms with E-state index in [1.165, 1.54) is 16.7 Å². The van der Waals surface area contributed by atoms with E-state index in [0.29, 0.717) is 12.4 Å². The SMILES string of the molecule is Cc1cc(C)c(OCCN2CCC=C(c3nn[nH]n3)C2)c(C)c1. The van der Waals surface area contributed by atoms with Gasteiger partial charge in [-0.25, -0.2) is 0 Å². The van der Waals surface area contributed by atoms with Crippen LogP contribution in [0.15, 0.2) is 18.2 Å². The highest BCUT2D eigenvalue weighted by molar-refractivity contribution is 5.61. The molecule has 1 aromatic carbocycles. The fraction of sp³-hybridized carbons (Fsp3) is 0.471. The third-order valence-electron chi connectivity index (χ3n) is 4.12. The average Bonchev–Trinajstić information content (AvgIpc) is 3.04. The molecule has 0 aliphatic carbocycles. The van der Waals surface area contributed by atoms with Gasteiger partial charge in [0.1, 0.15) is 12.4 Å². The zero-order valence-electron chi connectivity index (χ0n) is 14.0. The van der Waals surface area contributed by atoms with E-state index >= 15 is 0 Å². The third-order valence-corrected chi connectivity index (χ3v) is 4.12. The van der Waals surface area contributed by atoms with Crippen molar-refractivity contribution in [3.8, 4) is 5.75 Å². The Balaban J connectivity index is 1.55. The van der Waals surface area contributed by atoms with Gasteiger partial charge in [0.25, 0.3) is 0 Å². The molecule has 0 saturated carbocycles. The second-order valence-electron chi connectivity index (χ2n) is 6.11. The summed E-state index contributed by atoms with van der Waals surface area (Å²) in [6, 6.07) is 4.33. The molecule has 2 heterocycles. The predicted octanol–water partition coefficient (Wildman–Crippen LogP) is 2.29. The van der Waals surface area contributed by atoms with Gasteiger partial charge in [-0.1, -0.05) is 23.8 Å². The van der Waals surface area contributed by atoms with Crippen LogP contribution in [0.4, 0.5) is 0 Å². The standard InChI is InChI=1S/C17H23N5O/c1-12-9-13(2)16(14(3)10-12)23-8-7-22-6-4-5-15(11-22)17-18-20-21-19-17/h5,9-10H,4,6-8,11H2,1-3H3,(H,18,19,20,21). The normalized spacial score (nSPS) is 15.5.